The van der Waals surface area contributed by atoms with E-state index in [4.69, 9.17) is 0 Å². The van der Waals surface area contributed by atoms with Crippen LogP contribution in [0.3, 0.4) is 0 Å². The molecule has 186 valence electrons. The highest BCUT2D eigenvalue weighted by atomic mass is 15.1. The average molecular weight is 470 g/mol. The Kier molecular flexibility index (Phi) is 10.9. The first kappa shape index (κ1) is 26.6. The molecule has 1 aliphatic heterocycles. The first-order chi connectivity index (χ1) is 17.2. The zero-order valence-electron chi connectivity index (χ0n) is 21.8. The molecule has 1 fully saturated rings. The first-order valence-electron chi connectivity index (χ1n) is 13.1. The topological polar surface area (TPSA) is 27.3 Å². The smallest absolute Gasteiger partial charge is 0.0481 e. The minimum absolute atomic E-state index is 0.132. The molecule has 0 saturated carbocycles. The van der Waals surface area contributed by atoms with Crippen molar-refractivity contribution < 1.29 is 0 Å². The zero-order chi connectivity index (χ0) is 24.9. The molecule has 3 rings (SSSR count). The number of benzene rings is 2. The van der Waals surface area contributed by atoms with Crippen LogP contribution in [0.2, 0.25) is 0 Å². The van der Waals surface area contributed by atoms with Crippen LogP contribution < -0.4 is 10.6 Å². The van der Waals surface area contributed by atoms with E-state index in [0.29, 0.717) is 5.92 Å². The summed E-state index contributed by atoms with van der Waals surface area (Å²) < 4.78 is 0. The van der Waals surface area contributed by atoms with Gasteiger partial charge in [0.25, 0.3) is 0 Å². The minimum Gasteiger partial charge on any atom is -0.388 e. The fraction of sp³-hybridized carbons (Fsp3) is 0.375. The number of nitrogens with one attached hydrogen (secondary N) is 2. The van der Waals surface area contributed by atoms with Gasteiger partial charge in [-0.1, -0.05) is 79.4 Å². The van der Waals surface area contributed by atoms with Crippen LogP contribution in [0.25, 0.3) is 0 Å². The fourth-order valence-electron chi connectivity index (χ4n) is 4.98. The Hall–Kier alpha value is -3.04. The normalized spacial score (nSPS) is 16.6. The molecule has 0 radical (unpaired) electrons. The lowest BCUT2D eigenvalue weighted by atomic mass is 9.87. The Morgan fingerprint density at radius 2 is 1.83 bits per heavy atom. The van der Waals surface area contributed by atoms with Gasteiger partial charge in [-0.3, -0.25) is 0 Å². The van der Waals surface area contributed by atoms with Gasteiger partial charge in [0, 0.05) is 30.9 Å². The zero-order valence-corrected chi connectivity index (χ0v) is 21.8. The van der Waals surface area contributed by atoms with Gasteiger partial charge in [0.15, 0.2) is 0 Å². The first-order valence-corrected chi connectivity index (χ1v) is 13.1. The van der Waals surface area contributed by atoms with E-state index in [9.17, 15) is 0 Å². The Balaban J connectivity index is 1.51. The van der Waals surface area contributed by atoms with Gasteiger partial charge in [-0.05, 0) is 87.5 Å². The van der Waals surface area contributed by atoms with Crippen molar-refractivity contribution in [3.63, 3.8) is 0 Å². The molecule has 0 spiro atoms. The number of nitrogens with zero attached hydrogens (tertiary/aromatic N) is 1. The van der Waals surface area contributed by atoms with Crippen molar-refractivity contribution in [2.24, 2.45) is 0 Å². The van der Waals surface area contributed by atoms with Crippen LogP contribution in [0.5, 0.6) is 0 Å². The third-order valence-corrected chi connectivity index (χ3v) is 6.89. The molecule has 2 N–H and O–H groups in total. The van der Waals surface area contributed by atoms with Crippen LogP contribution in [-0.2, 0) is 0 Å². The summed E-state index contributed by atoms with van der Waals surface area (Å²) >= 11 is 0. The fourth-order valence-corrected chi connectivity index (χ4v) is 4.98. The molecule has 0 bridgehead atoms. The quantitative estimate of drug-likeness (QED) is 0.253. The molecule has 2 aromatic carbocycles. The Morgan fingerprint density at radius 3 is 2.51 bits per heavy atom. The lowest BCUT2D eigenvalue weighted by molar-refractivity contribution is 0.210. The summed E-state index contributed by atoms with van der Waals surface area (Å²) in [5.41, 5.74) is 6.27. The molecule has 1 unspecified atom stereocenters. The second-order valence-electron chi connectivity index (χ2n) is 9.33. The molecule has 2 aromatic rings. The monoisotopic (exact) mass is 469 g/mol. The van der Waals surface area contributed by atoms with Crippen LogP contribution in [0.4, 0.5) is 5.69 Å². The lowest BCUT2D eigenvalue weighted by Crippen LogP contribution is -2.35. The predicted octanol–water partition coefficient (Wildman–Crippen LogP) is 7.26. The summed E-state index contributed by atoms with van der Waals surface area (Å²) in [6.07, 6.45) is 14.3. The van der Waals surface area contributed by atoms with E-state index in [1.54, 1.807) is 0 Å². The van der Waals surface area contributed by atoms with Gasteiger partial charge < -0.3 is 15.5 Å². The summed E-state index contributed by atoms with van der Waals surface area (Å²) in [6, 6.07) is 19.6. The number of hydrogen-bond donors (Lipinski definition) is 2. The molecule has 3 heteroatoms. The van der Waals surface area contributed by atoms with E-state index >= 15 is 0 Å². The van der Waals surface area contributed by atoms with Crippen molar-refractivity contribution >= 4 is 5.69 Å². The van der Waals surface area contributed by atoms with Crippen LogP contribution >= 0.6 is 0 Å². The summed E-state index contributed by atoms with van der Waals surface area (Å²) in [6.45, 7) is 13.0. The average Bonchev–Trinajstić information content (AvgIpc) is 2.91. The number of allylic oxidation sites excluding steroid dienone is 6. The highest BCUT2D eigenvalue weighted by molar-refractivity contribution is 5.46. The molecular formula is C32H43N3. The third-order valence-electron chi connectivity index (χ3n) is 6.89. The van der Waals surface area contributed by atoms with Crippen molar-refractivity contribution in [2.45, 2.75) is 44.9 Å². The maximum Gasteiger partial charge on any atom is 0.0481 e. The SMILES string of the molecule is C=C(NCCCN1CCC(c2cccc(NC)c2)CC1)C(C(/C=C\C)=C/C=C\C)c1ccccc1. The molecule has 0 aromatic heterocycles. The van der Waals surface area contributed by atoms with Crippen LogP contribution in [0, 0.1) is 0 Å². The molecule has 0 aliphatic carbocycles. The van der Waals surface area contributed by atoms with E-state index in [1.807, 2.05) is 7.05 Å². The number of hydrogen-bond acceptors (Lipinski definition) is 3. The van der Waals surface area contributed by atoms with Gasteiger partial charge in [-0.15, -0.1) is 0 Å². The molecular weight excluding hydrogens is 426 g/mol. The van der Waals surface area contributed by atoms with E-state index < -0.39 is 0 Å². The van der Waals surface area contributed by atoms with Crippen molar-refractivity contribution in [3.05, 3.63) is 114 Å². The van der Waals surface area contributed by atoms with Crippen LogP contribution in [-0.4, -0.2) is 38.1 Å². The minimum atomic E-state index is 0.132. The number of piperidine rings is 1. The van der Waals surface area contributed by atoms with Gasteiger partial charge in [0.05, 0.1) is 0 Å². The number of likely N-dealkylation sites (tertiary alicyclic amines) is 1. The van der Waals surface area contributed by atoms with Gasteiger partial charge in [0.1, 0.15) is 0 Å². The van der Waals surface area contributed by atoms with Crippen LogP contribution in [0.1, 0.15) is 56.1 Å². The van der Waals surface area contributed by atoms with Crippen molar-refractivity contribution in [2.75, 3.05) is 38.5 Å². The Labute approximate surface area is 213 Å². The maximum atomic E-state index is 4.46. The van der Waals surface area contributed by atoms with Crippen molar-refractivity contribution in [1.29, 1.82) is 0 Å². The van der Waals surface area contributed by atoms with Gasteiger partial charge in [0.2, 0.25) is 0 Å². The second kappa shape index (κ2) is 14.4. The number of rotatable bonds is 12. The van der Waals surface area contributed by atoms with Gasteiger partial charge in [-0.25, -0.2) is 0 Å². The van der Waals surface area contributed by atoms with Crippen molar-refractivity contribution in [1.82, 2.24) is 10.2 Å². The number of anilines is 1. The molecule has 0 amide bonds. The third kappa shape index (κ3) is 8.00. The van der Waals surface area contributed by atoms with Gasteiger partial charge >= 0.3 is 0 Å². The van der Waals surface area contributed by atoms with E-state index in [1.165, 1.54) is 48.3 Å². The standard InChI is InChI=1S/C32H43N3/c1-5-7-14-28(13-6-2)32(29-15-9-8-10-16-29)26(3)34-21-12-22-35-23-19-27(20-24-35)30-17-11-18-31(25-30)33-4/h5-11,13-18,25,27,32-34H,3,12,19-24H2,1-2,4H3/b7-5-,13-6-,28-14+. The van der Waals surface area contributed by atoms with Gasteiger partial charge in [-0.2, -0.15) is 0 Å². The Bertz CT molecular complexity index is 994. The van der Waals surface area contributed by atoms with Crippen LogP contribution in [0.15, 0.2) is 103 Å². The van der Waals surface area contributed by atoms with E-state index in [0.717, 1.165) is 25.2 Å². The summed E-state index contributed by atoms with van der Waals surface area (Å²) in [5, 5.41) is 6.92. The molecule has 3 nitrogen and oxygen atoms in total. The van der Waals surface area contributed by atoms with E-state index in [-0.39, 0.29) is 5.92 Å². The summed E-state index contributed by atoms with van der Waals surface area (Å²) in [4.78, 5) is 2.62. The highest BCUT2D eigenvalue weighted by Crippen LogP contribution is 2.31. The predicted molar refractivity (Wildman–Crippen MR) is 153 cm³/mol. The molecule has 1 saturated heterocycles. The largest absolute Gasteiger partial charge is 0.388 e. The molecule has 35 heavy (non-hydrogen) atoms. The maximum absolute atomic E-state index is 4.46. The Morgan fingerprint density at radius 1 is 1.06 bits per heavy atom. The molecule has 1 aliphatic rings. The van der Waals surface area contributed by atoms with E-state index in [2.05, 4.69) is 121 Å². The lowest BCUT2D eigenvalue weighted by Gasteiger charge is -2.32. The molecule has 1 heterocycles. The van der Waals surface area contributed by atoms with Crippen molar-refractivity contribution in [3.8, 4) is 0 Å². The summed E-state index contributed by atoms with van der Waals surface area (Å²) in [7, 11) is 1.99. The highest BCUT2D eigenvalue weighted by Gasteiger charge is 2.21. The molecule has 1 atom stereocenters. The summed E-state index contributed by atoms with van der Waals surface area (Å²) in [5.74, 6) is 0.811. The second-order valence-corrected chi connectivity index (χ2v) is 9.33.